The van der Waals surface area contributed by atoms with E-state index in [0.29, 0.717) is 6.04 Å². The number of hydrogen-bond acceptors (Lipinski definition) is 3. The molecule has 0 spiro atoms. The van der Waals surface area contributed by atoms with Gasteiger partial charge in [0, 0.05) is 42.5 Å². The van der Waals surface area contributed by atoms with Gasteiger partial charge in [0.05, 0.1) is 5.69 Å². The molecule has 2 heterocycles. The molecule has 0 aromatic carbocycles. The molecule has 1 aliphatic heterocycles. The van der Waals surface area contributed by atoms with E-state index in [1.807, 2.05) is 11.7 Å². The Balaban J connectivity index is 1.97. The van der Waals surface area contributed by atoms with Gasteiger partial charge in [-0.25, -0.2) is 0 Å². The number of aromatic nitrogens is 2. The second kappa shape index (κ2) is 4.91. The number of nitrogens with one attached hydrogen (secondary N) is 2. The summed E-state index contributed by atoms with van der Waals surface area (Å²) in [6.45, 7) is 12.1. The lowest BCUT2D eigenvalue weighted by atomic mass is 9.79. The third-order valence-corrected chi connectivity index (χ3v) is 3.89. The molecular formula is C15H28N4. The van der Waals surface area contributed by atoms with Crippen LogP contribution in [-0.2, 0) is 13.6 Å². The van der Waals surface area contributed by atoms with E-state index in [4.69, 9.17) is 0 Å². The number of nitrogens with zero attached hydrogens (tertiary/aromatic N) is 2. The zero-order valence-corrected chi connectivity index (χ0v) is 13.2. The fraction of sp³-hybridized carbons (Fsp3) is 0.800. The van der Waals surface area contributed by atoms with Gasteiger partial charge in [-0.3, -0.25) is 4.68 Å². The van der Waals surface area contributed by atoms with Gasteiger partial charge in [-0.1, -0.05) is 0 Å². The van der Waals surface area contributed by atoms with E-state index in [0.717, 1.165) is 25.1 Å². The van der Waals surface area contributed by atoms with Crippen LogP contribution >= 0.6 is 0 Å². The van der Waals surface area contributed by atoms with Crippen LogP contribution < -0.4 is 10.6 Å². The summed E-state index contributed by atoms with van der Waals surface area (Å²) in [5.41, 5.74) is 2.83. The molecule has 19 heavy (non-hydrogen) atoms. The minimum absolute atomic E-state index is 0.198. The topological polar surface area (TPSA) is 41.9 Å². The summed E-state index contributed by atoms with van der Waals surface area (Å²) in [6, 6.07) is 0.561. The molecule has 1 aliphatic rings. The van der Waals surface area contributed by atoms with Crippen molar-refractivity contribution < 1.29 is 0 Å². The molecule has 0 amide bonds. The van der Waals surface area contributed by atoms with Crippen LogP contribution in [0.3, 0.4) is 0 Å². The number of rotatable bonds is 3. The van der Waals surface area contributed by atoms with E-state index in [9.17, 15) is 0 Å². The number of piperidine rings is 1. The van der Waals surface area contributed by atoms with E-state index >= 15 is 0 Å². The highest BCUT2D eigenvalue weighted by atomic mass is 15.3. The van der Waals surface area contributed by atoms with Crippen molar-refractivity contribution in [3.8, 4) is 0 Å². The SMILES string of the molecule is Cc1nn(C)cc1CNC1CC(C)(C)NC(C)(C)C1. The highest BCUT2D eigenvalue weighted by Crippen LogP contribution is 2.28. The third-order valence-electron chi connectivity index (χ3n) is 3.89. The Morgan fingerprint density at radius 2 is 1.89 bits per heavy atom. The number of aryl methyl sites for hydroxylation is 2. The van der Waals surface area contributed by atoms with Gasteiger partial charge in [0.1, 0.15) is 0 Å². The normalized spacial score (nSPS) is 22.6. The smallest absolute Gasteiger partial charge is 0.0638 e. The fourth-order valence-electron chi connectivity index (χ4n) is 3.54. The third kappa shape index (κ3) is 3.80. The number of hydrogen-bond donors (Lipinski definition) is 2. The Labute approximate surface area is 117 Å². The average molecular weight is 264 g/mol. The molecule has 0 aliphatic carbocycles. The van der Waals surface area contributed by atoms with Crippen LogP contribution in [0, 0.1) is 6.92 Å². The predicted molar refractivity (Wildman–Crippen MR) is 79.1 cm³/mol. The second-order valence-electron chi connectivity index (χ2n) is 7.29. The van der Waals surface area contributed by atoms with E-state index in [1.165, 1.54) is 5.56 Å². The van der Waals surface area contributed by atoms with Crippen molar-refractivity contribution in [1.82, 2.24) is 20.4 Å². The molecular weight excluding hydrogens is 236 g/mol. The van der Waals surface area contributed by atoms with Crippen LogP contribution in [-0.4, -0.2) is 26.9 Å². The zero-order chi connectivity index (χ0) is 14.3. The van der Waals surface area contributed by atoms with Crippen molar-refractivity contribution in [2.45, 2.75) is 71.1 Å². The van der Waals surface area contributed by atoms with Crippen LogP contribution in [0.2, 0.25) is 0 Å². The summed E-state index contributed by atoms with van der Waals surface area (Å²) in [7, 11) is 1.98. The lowest BCUT2D eigenvalue weighted by molar-refractivity contribution is 0.145. The van der Waals surface area contributed by atoms with Crippen LogP contribution in [0.15, 0.2) is 6.20 Å². The molecule has 1 fully saturated rings. The van der Waals surface area contributed by atoms with Crippen molar-refractivity contribution >= 4 is 0 Å². The van der Waals surface area contributed by atoms with Crippen LogP contribution in [0.5, 0.6) is 0 Å². The Morgan fingerprint density at radius 3 is 2.37 bits per heavy atom. The first-order chi connectivity index (χ1) is 8.67. The van der Waals surface area contributed by atoms with E-state index < -0.39 is 0 Å². The maximum Gasteiger partial charge on any atom is 0.0638 e. The summed E-state index contributed by atoms with van der Waals surface area (Å²) >= 11 is 0. The summed E-state index contributed by atoms with van der Waals surface area (Å²) < 4.78 is 1.89. The second-order valence-corrected chi connectivity index (χ2v) is 7.29. The largest absolute Gasteiger partial charge is 0.310 e. The minimum Gasteiger partial charge on any atom is -0.310 e. The minimum atomic E-state index is 0.198. The van der Waals surface area contributed by atoms with E-state index in [2.05, 4.69) is 56.5 Å². The molecule has 1 aromatic rings. The Hall–Kier alpha value is -0.870. The van der Waals surface area contributed by atoms with Crippen molar-refractivity contribution in [2.24, 2.45) is 7.05 Å². The van der Waals surface area contributed by atoms with Crippen molar-refractivity contribution in [3.63, 3.8) is 0 Å². The lowest BCUT2D eigenvalue weighted by Crippen LogP contribution is -2.61. The molecule has 1 saturated heterocycles. The van der Waals surface area contributed by atoms with Gasteiger partial charge >= 0.3 is 0 Å². The molecule has 1 aromatic heterocycles. The first-order valence-corrected chi connectivity index (χ1v) is 7.19. The van der Waals surface area contributed by atoms with Crippen LogP contribution in [0.4, 0.5) is 0 Å². The maximum absolute atomic E-state index is 4.40. The molecule has 0 saturated carbocycles. The molecule has 2 N–H and O–H groups in total. The monoisotopic (exact) mass is 264 g/mol. The van der Waals surface area contributed by atoms with Gasteiger partial charge in [-0.2, -0.15) is 5.10 Å². The standard InChI is InChI=1S/C15H28N4/c1-11-12(10-19(6)17-11)9-16-13-7-14(2,3)18-15(4,5)8-13/h10,13,16,18H,7-9H2,1-6H3. The van der Waals surface area contributed by atoms with Gasteiger partial charge in [0.2, 0.25) is 0 Å². The fourth-order valence-corrected chi connectivity index (χ4v) is 3.54. The van der Waals surface area contributed by atoms with Gasteiger partial charge < -0.3 is 10.6 Å². The predicted octanol–water partition coefficient (Wildman–Crippen LogP) is 2.13. The molecule has 0 bridgehead atoms. The molecule has 4 heteroatoms. The summed E-state index contributed by atoms with van der Waals surface area (Å²) in [5.74, 6) is 0. The van der Waals surface area contributed by atoms with Gasteiger partial charge in [-0.15, -0.1) is 0 Å². The van der Waals surface area contributed by atoms with Crippen molar-refractivity contribution in [1.29, 1.82) is 0 Å². The van der Waals surface area contributed by atoms with E-state index in [1.54, 1.807) is 0 Å². The van der Waals surface area contributed by atoms with Crippen LogP contribution in [0.1, 0.15) is 51.8 Å². The van der Waals surface area contributed by atoms with Crippen LogP contribution in [0.25, 0.3) is 0 Å². The van der Waals surface area contributed by atoms with Crippen molar-refractivity contribution in [2.75, 3.05) is 0 Å². The molecule has 0 atom stereocenters. The lowest BCUT2D eigenvalue weighted by Gasteiger charge is -2.46. The van der Waals surface area contributed by atoms with Gasteiger partial charge in [0.25, 0.3) is 0 Å². The first kappa shape index (κ1) is 14.5. The van der Waals surface area contributed by atoms with Gasteiger partial charge in [0.15, 0.2) is 0 Å². The van der Waals surface area contributed by atoms with E-state index in [-0.39, 0.29) is 11.1 Å². The molecule has 0 radical (unpaired) electrons. The Morgan fingerprint density at radius 1 is 1.32 bits per heavy atom. The Kier molecular flexibility index (Phi) is 3.76. The maximum atomic E-state index is 4.40. The average Bonchev–Trinajstić information content (AvgIpc) is 2.49. The van der Waals surface area contributed by atoms with Crippen molar-refractivity contribution in [3.05, 3.63) is 17.5 Å². The first-order valence-electron chi connectivity index (χ1n) is 7.19. The zero-order valence-electron chi connectivity index (χ0n) is 13.2. The summed E-state index contributed by atoms with van der Waals surface area (Å²) in [6.07, 6.45) is 4.44. The molecule has 2 rings (SSSR count). The van der Waals surface area contributed by atoms with Gasteiger partial charge in [-0.05, 0) is 47.5 Å². The summed E-state index contributed by atoms with van der Waals surface area (Å²) in [4.78, 5) is 0. The quantitative estimate of drug-likeness (QED) is 0.879. The highest BCUT2D eigenvalue weighted by Gasteiger charge is 2.37. The molecule has 0 unspecified atom stereocenters. The summed E-state index contributed by atoms with van der Waals surface area (Å²) in [5, 5.41) is 11.8. The highest BCUT2D eigenvalue weighted by molar-refractivity contribution is 5.15. The Bertz CT molecular complexity index is 429. The molecule has 108 valence electrons. The molecule has 4 nitrogen and oxygen atoms in total.